The van der Waals surface area contributed by atoms with E-state index in [0.29, 0.717) is 22.2 Å². The zero-order valence-electron chi connectivity index (χ0n) is 13.5. The Kier molecular flexibility index (Phi) is 4.38. The number of hydrogen-bond donors (Lipinski definition) is 2. The van der Waals surface area contributed by atoms with Gasteiger partial charge in [-0.25, -0.2) is 9.18 Å². The Morgan fingerprint density at radius 2 is 2.00 bits per heavy atom. The van der Waals surface area contributed by atoms with E-state index in [9.17, 15) is 14.3 Å². The van der Waals surface area contributed by atoms with Crippen molar-refractivity contribution < 1.29 is 23.8 Å². The molecule has 25 heavy (non-hydrogen) atoms. The predicted molar refractivity (Wildman–Crippen MR) is 91.5 cm³/mol. The molecule has 0 saturated carbocycles. The molecule has 7 heteroatoms. The molecule has 128 valence electrons. The Bertz CT molecular complexity index is 979. The topological polar surface area (TPSA) is 84.4 Å². The lowest BCUT2D eigenvalue weighted by Crippen LogP contribution is -2.00. The van der Waals surface area contributed by atoms with Crippen LogP contribution in [0, 0.1) is 5.82 Å². The van der Waals surface area contributed by atoms with E-state index in [4.69, 9.17) is 9.47 Å². The summed E-state index contributed by atoms with van der Waals surface area (Å²) in [7, 11) is 2.80. The number of hydrogen-bond acceptors (Lipinski definition) is 4. The lowest BCUT2D eigenvalue weighted by atomic mass is 10.1. The van der Waals surface area contributed by atoms with E-state index in [1.54, 1.807) is 24.3 Å². The summed E-state index contributed by atoms with van der Waals surface area (Å²) in [6.07, 6.45) is 3.33. The van der Waals surface area contributed by atoms with Gasteiger partial charge in [-0.05, 0) is 35.9 Å². The Labute approximate surface area is 142 Å². The molecular formula is C18H15FN2O4. The summed E-state index contributed by atoms with van der Waals surface area (Å²) in [5, 5.41) is 16.8. The number of benzene rings is 2. The van der Waals surface area contributed by atoms with Gasteiger partial charge in [-0.3, -0.25) is 5.10 Å². The van der Waals surface area contributed by atoms with Crippen LogP contribution in [0.4, 0.5) is 4.39 Å². The third-order valence-electron chi connectivity index (χ3n) is 3.75. The van der Waals surface area contributed by atoms with Gasteiger partial charge in [-0.2, -0.15) is 5.10 Å². The van der Waals surface area contributed by atoms with E-state index in [1.165, 1.54) is 32.4 Å². The molecule has 0 aliphatic carbocycles. The summed E-state index contributed by atoms with van der Waals surface area (Å²) in [6, 6.07) is 7.64. The third kappa shape index (κ3) is 3.03. The van der Waals surface area contributed by atoms with E-state index in [1.807, 2.05) is 0 Å². The van der Waals surface area contributed by atoms with Gasteiger partial charge < -0.3 is 14.6 Å². The highest BCUT2D eigenvalue weighted by Gasteiger charge is 2.18. The number of fused-ring (bicyclic) bond motifs is 1. The first-order valence-corrected chi connectivity index (χ1v) is 7.35. The summed E-state index contributed by atoms with van der Waals surface area (Å²) in [4.78, 5) is 11.4. The van der Waals surface area contributed by atoms with E-state index in [0.717, 1.165) is 0 Å². The van der Waals surface area contributed by atoms with Crippen molar-refractivity contribution in [1.82, 2.24) is 10.2 Å². The number of carbonyl (C=O) groups is 1. The molecule has 0 radical (unpaired) electrons. The second kappa shape index (κ2) is 6.64. The molecule has 0 saturated heterocycles. The molecule has 0 amide bonds. The lowest BCUT2D eigenvalue weighted by molar-refractivity contribution is 0.0693. The van der Waals surface area contributed by atoms with E-state index < -0.39 is 11.8 Å². The molecule has 2 aromatic carbocycles. The molecule has 0 aliphatic rings. The number of rotatable bonds is 5. The zero-order valence-corrected chi connectivity index (χ0v) is 13.5. The smallest absolute Gasteiger partial charge is 0.339 e. The summed E-state index contributed by atoms with van der Waals surface area (Å²) in [5.41, 5.74) is 1.79. The first-order chi connectivity index (χ1) is 12.0. The number of H-pyrrole nitrogens is 1. The molecule has 0 spiro atoms. The van der Waals surface area contributed by atoms with Gasteiger partial charge >= 0.3 is 5.97 Å². The number of methoxy groups -OCH3 is 2. The average molecular weight is 342 g/mol. The van der Waals surface area contributed by atoms with Crippen molar-refractivity contribution in [3.05, 3.63) is 53.0 Å². The molecule has 0 atom stereocenters. The van der Waals surface area contributed by atoms with Crippen LogP contribution >= 0.6 is 0 Å². The Hall–Kier alpha value is -3.35. The minimum atomic E-state index is -1.09. The van der Waals surface area contributed by atoms with Crippen LogP contribution in [0.25, 0.3) is 23.1 Å². The first kappa shape index (κ1) is 16.5. The minimum absolute atomic E-state index is 0.0431. The number of nitrogens with one attached hydrogen (secondary N) is 1. The fraction of sp³-hybridized carbons (Fsp3) is 0.111. The highest BCUT2D eigenvalue weighted by molar-refractivity contribution is 6.02. The van der Waals surface area contributed by atoms with Gasteiger partial charge in [0.25, 0.3) is 0 Å². The van der Waals surface area contributed by atoms with Crippen molar-refractivity contribution in [3.63, 3.8) is 0 Å². The van der Waals surface area contributed by atoms with Crippen molar-refractivity contribution in [1.29, 1.82) is 0 Å². The normalized spacial score (nSPS) is 11.2. The van der Waals surface area contributed by atoms with E-state index >= 15 is 0 Å². The van der Waals surface area contributed by atoms with Crippen LogP contribution in [0.3, 0.4) is 0 Å². The molecule has 1 heterocycles. The van der Waals surface area contributed by atoms with E-state index in [2.05, 4.69) is 10.2 Å². The minimum Gasteiger partial charge on any atom is -0.495 e. The fourth-order valence-electron chi connectivity index (χ4n) is 2.57. The summed E-state index contributed by atoms with van der Waals surface area (Å²) in [6.45, 7) is 0. The number of carboxylic acids is 1. The maximum atomic E-state index is 13.8. The molecule has 0 fully saturated rings. The number of aromatic nitrogens is 2. The highest BCUT2D eigenvalue weighted by Crippen LogP contribution is 2.32. The lowest BCUT2D eigenvalue weighted by Gasteiger charge is -2.06. The van der Waals surface area contributed by atoms with Gasteiger partial charge in [-0.1, -0.05) is 12.1 Å². The highest BCUT2D eigenvalue weighted by atomic mass is 19.1. The maximum absolute atomic E-state index is 13.8. The molecule has 2 N–H and O–H groups in total. The van der Waals surface area contributed by atoms with Gasteiger partial charge in [0, 0.05) is 0 Å². The molecule has 0 aliphatic heterocycles. The van der Waals surface area contributed by atoms with Crippen LogP contribution in [0.2, 0.25) is 0 Å². The van der Waals surface area contributed by atoms with Crippen LogP contribution in [0.5, 0.6) is 11.5 Å². The molecular weight excluding hydrogens is 327 g/mol. The zero-order chi connectivity index (χ0) is 18.0. The SMILES string of the molecule is COc1ccc(/C=C/c2n[nH]c3ccc(C(=O)O)c(OC)c23)cc1F. The quantitative estimate of drug-likeness (QED) is 0.740. The van der Waals surface area contributed by atoms with Crippen molar-refractivity contribution in [2.24, 2.45) is 0 Å². The average Bonchev–Trinajstić information content (AvgIpc) is 3.02. The molecule has 0 unspecified atom stereocenters. The first-order valence-electron chi connectivity index (χ1n) is 7.35. The molecule has 1 aromatic heterocycles. The van der Waals surface area contributed by atoms with Crippen LogP contribution < -0.4 is 9.47 Å². The summed E-state index contributed by atoms with van der Waals surface area (Å²) in [5.74, 6) is -1.18. The number of carboxylic acid groups (broad SMARTS) is 1. The third-order valence-corrected chi connectivity index (χ3v) is 3.75. The maximum Gasteiger partial charge on any atom is 0.339 e. The van der Waals surface area contributed by atoms with Crippen molar-refractivity contribution in [3.8, 4) is 11.5 Å². The number of nitrogens with zero attached hydrogens (tertiary/aromatic N) is 1. The number of ether oxygens (including phenoxy) is 2. The largest absolute Gasteiger partial charge is 0.495 e. The predicted octanol–water partition coefficient (Wildman–Crippen LogP) is 3.59. The van der Waals surface area contributed by atoms with Crippen LogP contribution in [0.1, 0.15) is 21.6 Å². The molecule has 6 nitrogen and oxygen atoms in total. The van der Waals surface area contributed by atoms with E-state index in [-0.39, 0.29) is 17.1 Å². The van der Waals surface area contributed by atoms with Crippen molar-refractivity contribution in [2.75, 3.05) is 14.2 Å². The number of halogens is 1. The second-order valence-corrected chi connectivity index (χ2v) is 5.21. The van der Waals surface area contributed by atoms with Gasteiger partial charge in [0.05, 0.1) is 30.8 Å². The van der Waals surface area contributed by atoms with Crippen LogP contribution in [0.15, 0.2) is 30.3 Å². The van der Waals surface area contributed by atoms with Gasteiger partial charge in [0.15, 0.2) is 11.6 Å². The van der Waals surface area contributed by atoms with Crippen LogP contribution in [-0.4, -0.2) is 35.5 Å². The standard InChI is InChI=1S/C18H15FN2O4/c1-24-15-8-4-10(9-12(15)19)3-6-13-16-14(21-20-13)7-5-11(18(22)23)17(16)25-2/h3-9H,1-2H3,(H,20,21)(H,22,23)/b6-3+. The number of aromatic carboxylic acids is 1. The fourth-order valence-corrected chi connectivity index (χ4v) is 2.57. The molecule has 0 bridgehead atoms. The summed E-state index contributed by atoms with van der Waals surface area (Å²) >= 11 is 0. The summed E-state index contributed by atoms with van der Waals surface area (Å²) < 4.78 is 23.9. The molecule has 3 aromatic rings. The monoisotopic (exact) mass is 342 g/mol. The van der Waals surface area contributed by atoms with Crippen LogP contribution in [-0.2, 0) is 0 Å². The van der Waals surface area contributed by atoms with Crippen molar-refractivity contribution in [2.45, 2.75) is 0 Å². The van der Waals surface area contributed by atoms with Crippen molar-refractivity contribution >= 4 is 29.0 Å². The van der Waals surface area contributed by atoms with Gasteiger partial charge in [0.2, 0.25) is 0 Å². The Morgan fingerprint density at radius 3 is 2.64 bits per heavy atom. The Balaban J connectivity index is 2.05. The van der Waals surface area contributed by atoms with Gasteiger partial charge in [0.1, 0.15) is 11.3 Å². The molecule has 3 rings (SSSR count). The van der Waals surface area contributed by atoms with Gasteiger partial charge in [-0.15, -0.1) is 0 Å². The number of aromatic amines is 1. The Morgan fingerprint density at radius 1 is 1.20 bits per heavy atom. The second-order valence-electron chi connectivity index (χ2n) is 5.21.